The third-order valence-electron chi connectivity index (χ3n) is 3.46. The zero-order valence-electron chi connectivity index (χ0n) is 11.6. The van der Waals surface area contributed by atoms with Crippen LogP contribution >= 0.6 is 0 Å². The fourth-order valence-corrected chi connectivity index (χ4v) is 2.07. The van der Waals surface area contributed by atoms with Gasteiger partial charge in [-0.05, 0) is 36.9 Å². The van der Waals surface area contributed by atoms with Gasteiger partial charge in [-0.3, -0.25) is 4.57 Å². The van der Waals surface area contributed by atoms with Crippen LogP contribution in [0.3, 0.4) is 0 Å². The first-order valence-electron chi connectivity index (χ1n) is 6.68. The van der Waals surface area contributed by atoms with E-state index in [1.165, 1.54) is 0 Å². The lowest BCUT2D eigenvalue weighted by atomic mass is 9.87. The van der Waals surface area contributed by atoms with E-state index < -0.39 is 0 Å². The van der Waals surface area contributed by atoms with Crippen molar-refractivity contribution in [2.45, 2.75) is 39.7 Å². The largest absolute Gasteiger partial charge is 0.421 e. The van der Waals surface area contributed by atoms with Crippen molar-refractivity contribution in [3.05, 3.63) is 28.9 Å². The molecule has 5 heteroatoms. The normalized spacial score (nSPS) is 12.2. The fourth-order valence-electron chi connectivity index (χ4n) is 2.07. The summed E-state index contributed by atoms with van der Waals surface area (Å²) in [6, 6.07) is 3.52. The van der Waals surface area contributed by atoms with Crippen LogP contribution in [-0.2, 0) is 6.54 Å². The van der Waals surface area contributed by atoms with Crippen LogP contribution in [0.5, 0.6) is 0 Å². The number of hydrogen-bond acceptors (Lipinski definition) is 4. The molecule has 0 saturated carbocycles. The number of aromatic nitrogens is 2. The quantitative estimate of drug-likeness (QED) is 0.810. The molecule has 2 N–H and O–H groups in total. The van der Waals surface area contributed by atoms with Crippen LogP contribution in [0.15, 0.2) is 27.5 Å². The standard InChI is InChI=1S/C14H21N3O2/c1-14(2,10-15)7-3-4-9-17-12-11(19-13(17)18)6-5-8-16-12/h5-6,8H,3-4,7,9-10,15H2,1-2H3. The van der Waals surface area contributed by atoms with Gasteiger partial charge in [0.1, 0.15) is 0 Å². The predicted molar refractivity (Wildman–Crippen MR) is 75.0 cm³/mol. The molecule has 19 heavy (non-hydrogen) atoms. The maximum atomic E-state index is 11.7. The predicted octanol–water partition coefficient (Wildman–Crippen LogP) is 2.14. The van der Waals surface area contributed by atoms with Crippen LogP contribution < -0.4 is 11.5 Å². The monoisotopic (exact) mass is 263 g/mol. The molecule has 0 aliphatic carbocycles. The molecule has 0 radical (unpaired) electrons. The molecule has 0 amide bonds. The minimum absolute atomic E-state index is 0.168. The van der Waals surface area contributed by atoms with Gasteiger partial charge in [-0.1, -0.05) is 20.3 Å². The van der Waals surface area contributed by atoms with Gasteiger partial charge in [0.15, 0.2) is 11.2 Å². The third-order valence-corrected chi connectivity index (χ3v) is 3.46. The first-order chi connectivity index (χ1) is 9.03. The molecule has 104 valence electrons. The number of rotatable bonds is 6. The maximum Gasteiger partial charge on any atom is 0.421 e. The summed E-state index contributed by atoms with van der Waals surface area (Å²) in [4.78, 5) is 15.9. The lowest BCUT2D eigenvalue weighted by Gasteiger charge is -2.21. The Hall–Kier alpha value is -1.62. The van der Waals surface area contributed by atoms with Gasteiger partial charge < -0.3 is 10.2 Å². The molecule has 0 fully saturated rings. The van der Waals surface area contributed by atoms with Crippen LogP contribution in [-0.4, -0.2) is 16.1 Å². The number of aryl methyl sites for hydroxylation is 1. The van der Waals surface area contributed by atoms with Gasteiger partial charge >= 0.3 is 5.76 Å². The molecule has 0 aliphatic heterocycles. The van der Waals surface area contributed by atoms with Gasteiger partial charge in [-0.25, -0.2) is 9.78 Å². The molecule has 0 spiro atoms. The van der Waals surface area contributed by atoms with Gasteiger partial charge in [0, 0.05) is 12.7 Å². The average Bonchev–Trinajstić information content (AvgIpc) is 2.71. The molecule has 2 rings (SSSR count). The molecular weight excluding hydrogens is 242 g/mol. The summed E-state index contributed by atoms with van der Waals surface area (Å²) in [7, 11) is 0. The van der Waals surface area contributed by atoms with Crippen LogP contribution in [0.2, 0.25) is 0 Å². The highest BCUT2D eigenvalue weighted by Gasteiger charge is 2.15. The molecule has 0 aromatic carbocycles. The molecule has 0 saturated heterocycles. The van der Waals surface area contributed by atoms with Gasteiger partial charge in [-0.2, -0.15) is 0 Å². The molecule has 2 aromatic heterocycles. The number of unbranched alkanes of at least 4 members (excludes halogenated alkanes) is 1. The molecule has 2 heterocycles. The van der Waals surface area contributed by atoms with Gasteiger partial charge in [0.25, 0.3) is 0 Å². The Labute approximate surface area is 112 Å². The Morgan fingerprint density at radius 2 is 2.21 bits per heavy atom. The number of oxazole rings is 1. The Morgan fingerprint density at radius 3 is 2.95 bits per heavy atom. The third kappa shape index (κ3) is 3.23. The summed E-state index contributed by atoms with van der Waals surface area (Å²) in [5.41, 5.74) is 7.05. The van der Waals surface area contributed by atoms with E-state index in [4.69, 9.17) is 10.2 Å². The second kappa shape index (κ2) is 5.57. The number of nitrogens with zero attached hydrogens (tertiary/aromatic N) is 2. The van der Waals surface area contributed by atoms with E-state index >= 15 is 0 Å². The average molecular weight is 263 g/mol. The minimum Gasteiger partial charge on any atom is -0.406 e. The summed E-state index contributed by atoms with van der Waals surface area (Å²) >= 11 is 0. The number of pyridine rings is 1. The fraction of sp³-hybridized carbons (Fsp3) is 0.571. The summed E-state index contributed by atoms with van der Waals surface area (Å²) in [5.74, 6) is -0.327. The Balaban J connectivity index is 1.99. The lowest BCUT2D eigenvalue weighted by Crippen LogP contribution is -2.23. The highest BCUT2D eigenvalue weighted by Crippen LogP contribution is 2.21. The zero-order valence-corrected chi connectivity index (χ0v) is 11.6. The van der Waals surface area contributed by atoms with Crippen molar-refractivity contribution >= 4 is 11.2 Å². The highest BCUT2D eigenvalue weighted by atomic mass is 16.4. The Morgan fingerprint density at radius 1 is 1.42 bits per heavy atom. The molecule has 2 aromatic rings. The molecule has 0 aliphatic rings. The smallest absolute Gasteiger partial charge is 0.406 e. The summed E-state index contributed by atoms with van der Waals surface area (Å²) in [6.45, 7) is 5.65. The van der Waals surface area contributed by atoms with Gasteiger partial charge in [-0.15, -0.1) is 0 Å². The van der Waals surface area contributed by atoms with E-state index in [1.54, 1.807) is 22.9 Å². The molecule has 5 nitrogen and oxygen atoms in total. The van der Waals surface area contributed by atoms with Crippen LogP contribution in [0.1, 0.15) is 33.1 Å². The summed E-state index contributed by atoms with van der Waals surface area (Å²) < 4.78 is 6.75. The lowest BCUT2D eigenvalue weighted by molar-refractivity contribution is 0.328. The van der Waals surface area contributed by atoms with E-state index in [-0.39, 0.29) is 11.2 Å². The molecule has 0 unspecified atom stereocenters. The van der Waals surface area contributed by atoms with Crippen molar-refractivity contribution in [1.82, 2.24) is 9.55 Å². The van der Waals surface area contributed by atoms with Crippen molar-refractivity contribution in [1.29, 1.82) is 0 Å². The Kier molecular flexibility index (Phi) is 4.04. The van der Waals surface area contributed by atoms with Crippen molar-refractivity contribution in [2.24, 2.45) is 11.1 Å². The number of fused-ring (bicyclic) bond motifs is 1. The maximum absolute atomic E-state index is 11.7. The Bertz CT molecular complexity index is 598. The zero-order chi connectivity index (χ0) is 13.9. The van der Waals surface area contributed by atoms with Crippen molar-refractivity contribution < 1.29 is 4.42 Å². The number of nitrogens with two attached hydrogens (primary N) is 1. The van der Waals surface area contributed by atoms with Crippen molar-refractivity contribution in [3.8, 4) is 0 Å². The minimum atomic E-state index is -0.327. The second-order valence-electron chi connectivity index (χ2n) is 5.67. The highest BCUT2D eigenvalue weighted by molar-refractivity contribution is 5.67. The van der Waals surface area contributed by atoms with Crippen LogP contribution in [0, 0.1) is 5.41 Å². The SMILES string of the molecule is CC(C)(CN)CCCCn1c(=O)oc2cccnc21. The topological polar surface area (TPSA) is 74.0 Å². The first-order valence-corrected chi connectivity index (χ1v) is 6.68. The van der Waals surface area contributed by atoms with E-state index in [2.05, 4.69) is 18.8 Å². The van der Waals surface area contributed by atoms with Crippen LogP contribution in [0.4, 0.5) is 0 Å². The second-order valence-corrected chi connectivity index (χ2v) is 5.67. The van der Waals surface area contributed by atoms with Crippen molar-refractivity contribution in [2.75, 3.05) is 6.54 Å². The van der Waals surface area contributed by atoms with Crippen molar-refractivity contribution in [3.63, 3.8) is 0 Å². The molecule has 0 bridgehead atoms. The van der Waals surface area contributed by atoms with E-state index in [0.717, 1.165) is 19.3 Å². The van der Waals surface area contributed by atoms with E-state index in [9.17, 15) is 4.79 Å². The molecular formula is C14H21N3O2. The summed E-state index contributed by atoms with van der Waals surface area (Å²) in [5, 5.41) is 0. The summed E-state index contributed by atoms with van der Waals surface area (Å²) in [6.07, 6.45) is 4.69. The molecule has 0 atom stereocenters. The van der Waals surface area contributed by atoms with Gasteiger partial charge in [0.2, 0.25) is 0 Å². The number of hydrogen-bond donors (Lipinski definition) is 1. The first kappa shape index (κ1) is 13.8. The van der Waals surface area contributed by atoms with Crippen LogP contribution in [0.25, 0.3) is 11.2 Å². The van der Waals surface area contributed by atoms with Gasteiger partial charge in [0.05, 0.1) is 0 Å². The van der Waals surface area contributed by atoms with E-state index in [0.29, 0.717) is 24.3 Å². The van der Waals surface area contributed by atoms with E-state index in [1.807, 2.05) is 0 Å².